The van der Waals surface area contributed by atoms with Crippen LogP contribution in [0.2, 0.25) is 5.02 Å². The van der Waals surface area contributed by atoms with E-state index in [1.165, 1.54) is 50.1 Å². The van der Waals surface area contributed by atoms with Crippen molar-refractivity contribution >= 4 is 52.3 Å². The van der Waals surface area contributed by atoms with Gasteiger partial charge in [0.1, 0.15) is 29.1 Å². The highest BCUT2D eigenvalue weighted by molar-refractivity contribution is 6.30. The van der Waals surface area contributed by atoms with Gasteiger partial charge in [-0.2, -0.15) is 0 Å². The summed E-state index contributed by atoms with van der Waals surface area (Å²) in [5.41, 5.74) is 9.15. The molecule has 4 bridgehead atoms. The molecule has 13 heteroatoms. The number of likely N-dealkylation sites (N-methyl/N-ethyl adjacent to an activating group) is 1. The summed E-state index contributed by atoms with van der Waals surface area (Å²) < 4.78 is 0. The first-order valence-electron chi connectivity index (χ1n) is 20.9. The topological polar surface area (TPSA) is 201 Å². The molecule has 0 radical (unpaired) electrons. The summed E-state index contributed by atoms with van der Waals surface area (Å²) in [6, 6.07) is 20.8. The molecular formula is C49H54ClN3O9. The van der Waals surface area contributed by atoms with E-state index in [2.05, 4.69) is 5.32 Å². The zero-order chi connectivity index (χ0) is 45.2. The number of aromatic hydroxyl groups is 2. The number of phenols is 2. The molecule has 326 valence electrons. The Morgan fingerprint density at radius 1 is 0.839 bits per heavy atom. The number of hydrogen-bond donors (Lipinski definition) is 4. The van der Waals surface area contributed by atoms with Gasteiger partial charge in [-0.05, 0) is 91.4 Å². The molecule has 5 atom stereocenters. The fraction of sp³-hybridized carbons (Fsp3) is 0.367. The van der Waals surface area contributed by atoms with Crippen LogP contribution in [0.15, 0.2) is 84.9 Å². The third kappa shape index (κ3) is 11.9. The highest BCUT2D eigenvalue weighted by Gasteiger charge is 2.36. The fourth-order valence-electron chi connectivity index (χ4n) is 7.87. The minimum absolute atomic E-state index is 0.0385. The second-order valence-corrected chi connectivity index (χ2v) is 16.9. The monoisotopic (exact) mass is 863 g/mol. The van der Waals surface area contributed by atoms with Crippen LogP contribution in [0.1, 0.15) is 93.2 Å². The third-order valence-corrected chi connectivity index (χ3v) is 11.7. The van der Waals surface area contributed by atoms with E-state index in [0.717, 1.165) is 11.1 Å². The number of carbonyl (C=O) groups is 7. The fourth-order valence-corrected chi connectivity index (χ4v) is 7.99. The Morgan fingerprint density at radius 2 is 1.45 bits per heavy atom. The number of phenolic OH excluding ortho intramolecular Hbond substituents is 2. The van der Waals surface area contributed by atoms with Gasteiger partial charge >= 0.3 is 0 Å². The summed E-state index contributed by atoms with van der Waals surface area (Å²) in [5, 5.41) is 25.6. The van der Waals surface area contributed by atoms with E-state index in [9.17, 15) is 43.8 Å². The normalized spacial score (nSPS) is 17.5. The van der Waals surface area contributed by atoms with Crippen LogP contribution in [0.3, 0.4) is 0 Å². The van der Waals surface area contributed by atoms with E-state index in [-0.39, 0.29) is 66.3 Å². The average Bonchev–Trinajstić information content (AvgIpc) is 3.23. The molecule has 0 spiro atoms. The van der Waals surface area contributed by atoms with Crippen molar-refractivity contribution in [2.45, 2.75) is 84.2 Å². The van der Waals surface area contributed by atoms with Gasteiger partial charge in [0.15, 0.2) is 17.3 Å². The molecule has 0 fully saturated rings. The van der Waals surface area contributed by atoms with Gasteiger partial charge < -0.3 is 26.2 Å². The molecule has 2 amide bonds. The van der Waals surface area contributed by atoms with Crippen molar-refractivity contribution < 1.29 is 43.8 Å². The van der Waals surface area contributed by atoms with Gasteiger partial charge in [0.25, 0.3) is 0 Å². The van der Waals surface area contributed by atoms with E-state index in [1.807, 2.05) is 24.3 Å². The van der Waals surface area contributed by atoms with Crippen LogP contribution in [0.25, 0.3) is 22.3 Å². The molecule has 1 aliphatic heterocycles. The molecule has 0 saturated carbocycles. The summed E-state index contributed by atoms with van der Waals surface area (Å²) in [6.45, 7) is 4.74. The average molecular weight is 864 g/mol. The minimum atomic E-state index is -1.29. The van der Waals surface area contributed by atoms with Gasteiger partial charge in [-0.15, -0.1) is 0 Å². The molecule has 0 aromatic heterocycles. The first-order chi connectivity index (χ1) is 29.5. The summed E-state index contributed by atoms with van der Waals surface area (Å²) >= 11 is 6.05. The van der Waals surface area contributed by atoms with Gasteiger partial charge in [-0.25, -0.2) is 0 Å². The molecule has 0 saturated heterocycles. The Bertz CT molecular complexity index is 2330. The predicted octanol–water partition coefficient (Wildman–Crippen LogP) is 7.38. The first-order valence-corrected chi connectivity index (χ1v) is 21.2. The number of unbranched alkanes of at least 4 members (excludes halogenated alkanes) is 1. The van der Waals surface area contributed by atoms with Gasteiger partial charge in [-0.1, -0.05) is 80.4 Å². The molecule has 1 aliphatic rings. The second-order valence-electron chi connectivity index (χ2n) is 16.4. The third-order valence-electron chi connectivity index (χ3n) is 11.5. The predicted molar refractivity (Wildman–Crippen MR) is 236 cm³/mol. The molecule has 0 aliphatic carbocycles. The molecule has 12 nitrogen and oxygen atoms in total. The first kappa shape index (κ1) is 47.1. The van der Waals surface area contributed by atoms with Crippen molar-refractivity contribution in [1.29, 1.82) is 0 Å². The second kappa shape index (κ2) is 21.2. The Kier molecular flexibility index (Phi) is 16.1. The largest absolute Gasteiger partial charge is 0.507 e. The van der Waals surface area contributed by atoms with E-state index in [4.69, 9.17) is 17.3 Å². The van der Waals surface area contributed by atoms with Gasteiger partial charge in [0.2, 0.25) is 11.8 Å². The SMILES string of the molecule is CC(=O)CC(=O)[C@H](C)CC(=O)[C@@H]1Cc2ccc(O)c(c2)-c2cc(ccc2O)[C@H](N(C)C(=O)[C@H](CCCCN)CC(=O)c2ccc(-c3ccc(Cl)cc3)cc2)C(=O)C[C@@H](C)C(=O)N1. The lowest BCUT2D eigenvalue weighted by Gasteiger charge is -2.32. The number of benzene rings is 4. The highest BCUT2D eigenvalue weighted by Crippen LogP contribution is 2.40. The van der Waals surface area contributed by atoms with Gasteiger partial charge in [-0.3, -0.25) is 33.6 Å². The molecule has 62 heavy (non-hydrogen) atoms. The number of rotatable bonds is 16. The van der Waals surface area contributed by atoms with Crippen molar-refractivity contribution in [3.8, 4) is 33.8 Å². The number of ketones is 5. The maximum absolute atomic E-state index is 14.6. The van der Waals surface area contributed by atoms with Crippen molar-refractivity contribution in [3.05, 3.63) is 107 Å². The zero-order valence-corrected chi connectivity index (χ0v) is 36.2. The van der Waals surface area contributed by atoms with Crippen LogP contribution in [-0.2, 0) is 35.2 Å². The highest BCUT2D eigenvalue weighted by atomic mass is 35.5. The number of nitrogens with one attached hydrogen (secondary N) is 1. The summed E-state index contributed by atoms with van der Waals surface area (Å²) in [5.74, 6) is -6.15. The summed E-state index contributed by atoms with van der Waals surface area (Å²) in [4.78, 5) is 96.0. The number of amides is 2. The molecular weight excluding hydrogens is 810 g/mol. The standard InChI is InChI=1S/C49H54ClN3O9/c1-28(43(57)23-30(3)54)21-45(59)40-25-31-8-18-41(55)38(24-31)39-26-35(15-19-42(39)56)47(46(60)22-29(2)48(61)52-40)53(4)49(62)36(7-5-6-20-51)27-44(58)34-11-9-32(10-12-34)33-13-16-37(50)17-14-33/h8-19,24,26,28-29,36,40,47,55-56H,5-7,20-23,25,27,51H2,1-4H3,(H,52,61)/t28-,29-,36-,40+,47+/m1/s1. The van der Waals surface area contributed by atoms with Crippen LogP contribution in [0.5, 0.6) is 11.5 Å². The lowest BCUT2D eigenvalue weighted by Crippen LogP contribution is -2.46. The maximum Gasteiger partial charge on any atom is 0.226 e. The van der Waals surface area contributed by atoms with Crippen LogP contribution in [-0.4, -0.2) is 75.5 Å². The molecule has 1 heterocycles. The molecule has 4 aromatic carbocycles. The van der Waals surface area contributed by atoms with E-state index in [1.54, 1.807) is 43.3 Å². The van der Waals surface area contributed by atoms with Crippen LogP contribution < -0.4 is 11.1 Å². The van der Waals surface area contributed by atoms with E-state index in [0.29, 0.717) is 47.5 Å². The Hall–Kier alpha value is -5.98. The van der Waals surface area contributed by atoms with Crippen molar-refractivity contribution in [3.63, 3.8) is 0 Å². The van der Waals surface area contributed by atoms with Crippen molar-refractivity contribution in [2.24, 2.45) is 23.5 Å². The summed E-state index contributed by atoms with van der Waals surface area (Å²) in [6.07, 6.45) is 0.340. The maximum atomic E-state index is 14.6. The van der Waals surface area contributed by atoms with Crippen LogP contribution in [0.4, 0.5) is 0 Å². The van der Waals surface area contributed by atoms with E-state index >= 15 is 0 Å². The number of hydrogen-bond acceptors (Lipinski definition) is 10. The number of halogens is 1. The number of fused-ring (bicyclic) bond motifs is 5. The number of nitrogens with two attached hydrogens (primary N) is 1. The molecule has 4 aromatic rings. The van der Waals surface area contributed by atoms with E-state index < -0.39 is 59.0 Å². The van der Waals surface area contributed by atoms with Crippen LogP contribution >= 0.6 is 11.6 Å². The Morgan fingerprint density at radius 3 is 2.08 bits per heavy atom. The lowest BCUT2D eigenvalue weighted by molar-refractivity contribution is -0.142. The van der Waals surface area contributed by atoms with Crippen molar-refractivity contribution in [2.75, 3.05) is 13.6 Å². The number of Topliss-reactive ketones (excluding diaryl/α,β-unsaturated/α-hetero) is 5. The smallest absolute Gasteiger partial charge is 0.226 e. The Labute approximate surface area is 366 Å². The Balaban J connectivity index is 1.48. The minimum Gasteiger partial charge on any atom is -0.507 e. The molecule has 0 unspecified atom stereocenters. The summed E-state index contributed by atoms with van der Waals surface area (Å²) in [7, 11) is 1.47. The zero-order valence-electron chi connectivity index (χ0n) is 35.5. The molecule has 5 rings (SSSR count). The lowest BCUT2D eigenvalue weighted by atomic mass is 9.87. The van der Waals surface area contributed by atoms with Crippen LogP contribution in [0, 0.1) is 17.8 Å². The van der Waals surface area contributed by atoms with Crippen molar-refractivity contribution in [1.82, 2.24) is 10.2 Å². The number of nitrogens with zero attached hydrogens (tertiary/aromatic N) is 1. The molecule has 5 N–H and O–H groups in total. The van der Waals surface area contributed by atoms with Gasteiger partial charge in [0, 0.05) is 65.8 Å². The van der Waals surface area contributed by atoms with Gasteiger partial charge in [0.05, 0.1) is 12.5 Å². The quantitative estimate of drug-likeness (QED) is 0.0500. The number of carbonyl (C=O) groups excluding carboxylic acids is 7.